The number of imidazole rings is 1. The number of hydrogen-bond donors (Lipinski definition) is 4. The molecule has 0 saturated heterocycles. The topological polar surface area (TPSA) is 153 Å². The van der Waals surface area contributed by atoms with E-state index < -0.39 is 5.97 Å². The molecule has 0 spiro atoms. The highest BCUT2D eigenvalue weighted by Gasteiger charge is 2.14. The van der Waals surface area contributed by atoms with Gasteiger partial charge < -0.3 is 26.3 Å². The molecular formula is C17H22N6O3. The number of ether oxygens (including phenoxy) is 1. The minimum Gasteiger partial charge on any atom is -0.481 e. The fourth-order valence-corrected chi connectivity index (χ4v) is 2.19. The molecule has 0 radical (unpaired) electrons. The standard InChI is InChI=1S/C15H16N6O3.C2H6/c16-6-8-1-3-9(4-2-8)7-24-14-12-13(20-15(17)21-14)19-10(18-12)5-11(22)23;1-2/h1-4H,5-7,16H2,(H,22,23)(H3,17,18,19,20,21);1-2H3. The number of nitrogens with one attached hydrogen (secondary N) is 1. The molecule has 0 fully saturated rings. The number of nitrogens with zero attached hydrogens (tertiary/aromatic N) is 3. The first kappa shape index (κ1) is 19.1. The van der Waals surface area contributed by atoms with Crippen LogP contribution in [0.3, 0.4) is 0 Å². The van der Waals surface area contributed by atoms with Crippen LogP contribution in [0.2, 0.25) is 0 Å². The third kappa shape index (κ3) is 4.67. The Bertz CT molecular complexity index is 876. The van der Waals surface area contributed by atoms with E-state index in [2.05, 4.69) is 19.9 Å². The molecule has 0 amide bonds. The summed E-state index contributed by atoms with van der Waals surface area (Å²) in [7, 11) is 0. The molecule has 9 heteroatoms. The first-order valence-electron chi connectivity index (χ1n) is 8.19. The Morgan fingerprint density at radius 3 is 2.42 bits per heavy atom. The lowest BCUT2D eigenvalue weighted by atomic mass is 10.1. The zero-order valence-electron chi connectivity index (χ0n) is 14.7. The van der Waals surface area contributed by atoms with Gasteiger partial charge in [-0.1, -0.05) is 38.1 Å². The fourth-order valence-electron chi connectivity index (χ4n) is 2.19. The average molecular weight is 358 g/mol. The summed E-state index contributed by atoms with van der Waals surface area (Å²) >= 11 is 0. The van der Waals surface area contributed by atoms with Crippen LogP contribution in [-0.4, -0.2) is 31.0 Å². The number of fused-ring (bicyclic) bond motifs is 1. The Balaban J connectivity index is 0.00000117. The van der Waals surface area contributed by atoms with Crippen molar-refractivity contribution in [3.63, 3.8) is 0 Å². The number of carboxylic acids is 1. The molecular weight excluding hydrogens is 336 g/mol. The number of H-pyrrole nitrogens is 1. The van der Waals surface area contributed by atoms with Gasteiger partial charge in [0.15, 0.2) is 5.65 Å². The lowest BCUT2D eigenvalue weighted by Crippen LogP contribution is -2.03. The number of hydrogen-bond acceptors (Lipinski definition) is 7. The summed E-state index contributed by atoms with van der Waals surface area (Å²) in [5, 5.41) is 8.85. The van der Waals surface area contributed by atoms with Crippen LogP contribution >= 0.6 is 0 Å². The van der Waals surface area contributed by atoms with Crippen molar-refractivity contribution in [2.75, 3.05) is 5.73 Å². The number of nitrogen functional groups attached to an aromatic ring is 1. The predicted molar refractivity (Wildman–Crippen MR) is 97.4 cm³/mol. The monoisotopic (exact) mass is 358 g/mol. The van der Waals surface area contributed by atoms with Crippen molar-refractivity contribution < 1.29 is 14.6 Å². The minimum absolute atomic E-state index is 0.00403. The number of rotatable bonds is 6. The number of carboxylic acid groups (broad SMARTS) is 1. The second kappa shape index (κ2) is 8.77. The number of aromatic nitrogens is 4. The second-order valence-electron chi connectivity index (χ2n) is 5.15. The van der Waals surface area contributed by atoms with Crippen LogP contribution in [0.1, 0.15) is 30.8 Å². The van der Waals surface area contributed by atoms with E-state index in [4.69, 9.17) is 21.3 Å². The number of aromatic amines is 1. The van der Waals surface area contributed by atoms with Crippen molar-refractivity contribution in [2.24, 2.45) is 5.73 Å². The summed E-state index contributed by atoms with van der Waals surface area (Å²) in [6, 6.07) is 7.66. The Hall–Kier alpha value is -3.20. The third-order valence-electron chi connectivity index (χ3n) is 3.34. The largest absolute Gasteiger partial charge is 0.481 e. The van der Waals surface area contributed by atoms with Crippen molar-refractivity contribution in [1.29, 1.82) is 0 Å². The predicted octanol–water partition coefficient (Wildman–Crippen LogP) is 1.63. The summed E-state index contributed by atoms with van der Waals surface area (Å²) in [4.78, 5) is 25.8. The van der Waals surface area contributed by atoms with E-state index in [1.54, 1.807) is 0 Å². The van der Waals surface area contributed by atoms with Crippen LogP contribution in [0, 0.1) is 0 Å². The van der Waals surface area contributed by atoms with E-state index in [0.29, 0.717) is 12.1 Å². The molecule has 2 heterocycles. The highest BCUT2D eigenvalue weighted by Crippen LogP contribution is 2.22. The fraction of sp³-hybridized carbons (Fsp3) is 0.294. The summed E-state index contributed by atoms with van der Waals surface area (Å²) in [6.07, 6.45) is -0.254. The zero-order chi connectivity index (χ0) is 19.1. The lowest BCUT2D eigenvalue weighted by Gasteiger charge is -2.07. The van der Waals surface area contributed by atoms with Crippen LogP contribution in [0.25, 0.3) is 11.2 Å². The Morgan fingerprint density at radius 1 is 1.15 bits per heavy atom. The summed E-state index contributed by atoms with van der Waals surface area (Å²) in [6.45, 7) is 4.74. The van der Waals surface area contributed by atoms with Crippen LogP contribution < -0.4 is 16.2 Å². The van der Waals surface area contributed by atoms with Gasteiger partial charge in [0.2, 0.25) is 11.8 Å². The Kier molecular flexibility index (Phi) is 6.45. The molecule has 138 valence electrons. The molecule has 26 heavy (non-hydrogen) atoms. The molecule has 1 aromatic carbocycles. The maximum Gasteiger partial charge on any atom is 0.311 e. The number of anilines is 1. The van der Waals surface area contributed by atoms with E-state index in [-0.39, 0.29) is 36.3 Å². The van der Waals surface area contributed by atoms with E-state index in [1.165, 1.54) is 0 Å². The first-order valence-corrected chi connectivity index (χ1v) is 8.19. The van der Waals surface area contributed by atoms with Crippen LogP contribution in [0.5, 0.6) is 5.88 Å². The Morgan fingerprint density at radius 2 is 1.81 bits per heavy atom. The average Bonchev–Trinajstić information content (AvgIpc) is 3.03. The van der Waals surface area contributed by atoms with Gasteiger partial charge in [0, 0.05) is 6.54 Å². The normalized spacial score (nSPS) is 10.3. The number of nitrogens with two attached hydrogens (primary N) is 2. The summed E-state index contributed by atoms with van der Waals surface area (Å²) in [5.74, 6) is -0.513. The first-order chi connectivity index (χ1) is 12.5. The number of carbonyl (C=O) groups is 1. The van der Waals surface area contributed by atoms with Crippen LogP contribution in [-0.2, 0) is 24.4 Å². The molecule has 0 bridgehead atoms. The Labute approximate surface area is 150 Å². The van der Waals surface area contributed by atoms with Crippen molar-refractivity contribution in [1.82, 2.24) is 19.9 Å². The van der Waals surface area contributed by atoms with E-state index >= 15 is 0 Å². The van der Waals surface area contributed by atoms with Gasteiger partial charge in [-0.05, 0) is 11.1 Å². The number of aliphatic carboxylic acids is 1. The molecule has 0 aliphatic heterocycles. The highest BCUT2D eigenvalue weighted by molar-refractivity contribution is 5.79. The summed E-state index contributed by atoms with van der Waals surface area (Å²) < 4.78 is 5.70. The maximum atomic E-state index is 10.8. The SMILES string of the molecule is CC.NCc1ccc(COc2nc(N)nc3nc(CC(=O)O)[nH]c23)cc1. The lowest BCUT2D eigenvalue weighted by molar-refractivity contribution is -0.136. The van der Waals surface area contributed by atoms with E-state index in [1.807, 2.05) is 38.1 Å². The van der Waals surface area contributed by atoms with Gasteiger partial charge in [0.25, 0.3) is 0 Å². The highest BCUT2D eigenvalue weighted by atomic mass is 16.5. The molecule has 3 rings (SSSR count). The van der Waals surface area contributed by atoms with Gasteiger partial charge in [-0.3, -0.25) is 4.79 Å². The number of benzene rings is 1. The molecule has 2 aromatic heterocycles. The molecule has 3 aromatic rings. The molecule has 0 unspecified atom stereocenters. The summed E-state index contributed by atoms with van der Waals surface area (Å²) in [5.41, 5.74) is 13.9. The van der Waals surface area contributed by atoms with Gasteiger partial charge in [0.1, 0.15) is 24.4 Å². The third-order valence-corrected chi connectivity index (χ3v) is 3.34. The van der Waals surface area contributed by atoms with Crippen molar-refractivity contribution >= 4 is 23.1 Å². The van der Waals surface area contributed by atoms with Crippen molar-refractivity contribution in [3.8, 4) is 5.88 Å². The maximum absolute atomic E-state index is 10.8. The molecule has 0 saturated carbocycles. The second-order valence-corrected chi connectivity index (χ2v) is 5.15. The van der Waals surface area contributed by atoms with Crippen LogP contribution in [0.15, 0.2) is 24.3 Å². The van der Waals surface area contributed by atoms with E-state index in [9.17, 15) is 4.79 Å². The smallest absolute Gasteiger partial charge is 0.311 e. The zero-order valence-corrected chi connectivity index (χ0v) is 14.7. The molecule has 6 N–H and O–H groups in total. The van der Waals surface area contributed by atoms with Gasteiger partial charge in [-0.25, -0.2) is 4.98 Å². The van der Waals surface area contributed by atoms with Gasteiger partial charge in [0.05, 0.1) is 0 Å². The van der Waals surface area contributed by atoms with Gasteiger partial charge >= 0.3 is 5.97 Å². The minimum atomic E-state index is -1.00. The van der Waals surface area contributed by atoms with Crippen molar-refractivity contribution in [3.05, 3.63) is 41.2 Å². The van der Waals surface area contributed by atoms with Gasteiger partial charge in [-0.2, -0.15) is 9.97 Å². The van der Waals surface area contributed by atoms with Crippen molar-refractivity contribution in [2.45, 2.75) is 33.4 Å². The van der Waals surface area contributed by atoms with Crippen LogP contribution in [0.4, 0.5) is 5.95 Å². The van der Waals surface area contributed by atoms with E-state index in [0.717, 1.165) is 11.1 Å². The molecule has 0 aliphatic rings. The quantitative estimate of drug-likeness (QED) is 0.518. The molecule has 0 aliphatic carbocycles. The molecule has 0 atom stereocenters. The molecule has 9 nitrogen and oxygen atoms in total. The van der Waals surface area contributed by atoms with Gasteiger partial charge in [-0.15, -0.1) is 0 Å².